The summed E-state index contributed by atoms with van der Waals surface area (Å²) in [6.07, 6.45) is 5.83. The van der Waals surface area contributed by atoms with Crippen LogP contribution in [0.1, 0.15) is 41.7 Å². The molecule has 34 heavy (non-hydrogen) atoms. The summed E-state index contributed by atoms with van der Waals surface area (Å²) in [7, 11) is 0. The standard InChI is InChI=1S/C29H22ClFO3/c30-24-17-22(31)13-14-23(24)28(19-5-3-6-19)29(26-16-21-4-1-2-7-25(21)34-26)20-11-8-18(9-12-20)10-15-27(32)33/h1-2,4,7-17,19H,3,5-6H2,(H,32,33). The molecule has 170 valence electrons. The van der Waals surface area contributed by atoms with Gasteiger partial charge in [-0.05, 0) is 71.4 Å². The zero-order valence-electron chi connectivity index (χ0n) is 18.3. The van der Waals surface area contributed by atoms with Gasteiger partial charge in [-0.3, -0.25) is 0 Å². The van der Waals surface area contributed by atoms with Gasteiger partial charge in [0, 0.05) is 17.0 Å². The molecule has 0 unspecified atom stereocenters. The maximum absolute atomic E-state index is 13.9. The van der Waals surface area contributed by atoms with Crippen molar-refractivity contribution in [3.63, 3.8) is 0 Å². The van der Waals surface area contributed by atoms with Crippen LogP contribution in [0, 0.1) is 11.7 Å². The third-order valence-corrected chi connectivity index (χ3v) is 6.61. The highest BCUT2D eigenvalue weighted by molar-refractivity contribution is 6.32. The van der Waals surface area contributed by atoms with E-state index in [-0.39, 0.29) is 11.7 Å². The Morgan fingerprint density at radius 3 is 2.44 bits per heavy atom. The van der Waals surface area contributed by atoms with E-state index in [0.29, 0.717) is 5.02 Å². The molecule has 3 nitrogen and oxygen atoms in total. The van der Waals surface area contributed by atoms with Crippen molar-refractivity contribution in [1.29, 1.82) is 0 Å². The second-order valence-electron chi connectivity index (χ2n) is 8.48. The summed E-state index contributed by atoms with van der Waals surface area (Å²) in [6.45, 7) is 0. The van der Waals surface area contributed by atoms with E-state index in [1.165, 1.54) is 12.1 Å². The zero-order chi connectivity index (χ0) is 23.7. The molecule has 0 bridgehead atoms. The van der Waals surface area contributed by atoms with Gasteiger partial charge in [-0.25, -0.2) is 9.18 Å². The van der Waals surface area contributed by atoms with Gasteiger partial charge in [0.05, 0.1) is 5.02 Å². The van der Waals surface area contributed by atoms with E-state index in [1.807, 2.05) is 54.6 Å². The second kappa shape index (κ2) is 9.32. The molecule has 3 aromatic carbocycles. The van der Waals surface area contributed by atoms with Crippen LogP contribution < -0.4 is 0 Å². The molecule has 1 saturated carbocycles. The van der Waals surface area contributed by atoms with Crippen molar-refractivity contribution in [2.24, 2.45) is 5.92 Å². The first kappa shape index (κ1) is 22.2. The molecule has 1 aliphatic rings. The first-order valence-electron chi connectivity index (χ1n) is 11.2. The van der Waals surface area contributed by atoms with Gasteiger partial charge < -0.3 is 9.52 Å². The molecular formula is C29H22ClFO3. The Balaban J connectivity index is 1.75. The predicted molar refractivity (Wildman–Crippen MR) is 134 cm³/mol. The van der Waals surface area contributed by atoms with Crippen LogP contribution in [0.5, 0.6) is 0 Å². The third-order valence-electron chi connectivity index (χ3n) is 6.29. The number of carboxylic acid groups (broad SMARTS) is 1. The van der Waals surface area contributed by atoms with Crippen LogP contribution in [0.25, 0.3) is 28.2 Å². The molecule has 1 heterocycles. The van der Waals surface area contributed by atoms with Crippen LogP contribution in [-0.2, 0) is 4.79 Å². The van der Waals surface area contributed by atoms with E-state index in [2.05, 4.69) is 0 Å². The lowest BCUT2D eigenvalue weighted by Crippen LogP contribution is -2.15. The molecule has 4 aromatic rings. The van der Waals surface area contributed by atoms with Crippen molar-refractivity contribution in [3.8, 4) is 0 Å². The minimum absolute atomic E-state index is 0.276. The molecule has 1 aliphatic carbocycles. The SMILES string of the molecule is O=C(O)C=Cc1ccc(C(=C(c2ccc(F)cc2Cl)C2CCC2)c2cc3ccccc3o2)cc1. The average molecular weight is 473 g/mol. The number of allylic oxidation sites excluding steroid dienone is 1. The van der Waals surface area contributed by atoms with Crippen molar-refractivity contribution in [2.75, 3.05) is 0 Å². The molecule has 0 atom stereocenters. The number of halogens is 2. The van der Waals surface area contributed by atoms with Crippen LogP contribution in [0.3, 0.4) is 0 Å². The largest absolute Gasteiger partial charge is 0.478 e. The summed E-state index contributed by atoms with van der Waals surface area (Å²) >= 11 is 6.57. The van der Waals surface area contributed by atoms with E-state index in [9.17, 15) is 9.18 Å². The number of furan rings is 1. The molecule has 0 spiro atoms. The predicted octanol–water partition coefficient (Wildman–Crippen LogP) is 8.08. The Morgan fingerprint density at radius 1 is 1.03 bits per heavy atom. The molecule has 5 heteroatoms. The number of hydrogen-bond acceptors (Lipinski definition) is 2. The second-order valence-corrected chi connectivity index (χ2v) is 8.89. The minimum atomic E-state index is -0.995. The van der Waals surface area contributed by atoms with Crippen molar-refractivity contribution in [2.45, 2.75) is 19.3 Å². The third kappa shape index (κ3) is 4.42. The topological polar surface area (TPSA) is 50.4 Å². The Labute approximate surface area is 201 Å². The number of hydrogen-bond donors (Lipinski definition) is 1. The van der Waals surface area contributed by atoms with E-state index in [1.54, 1.807) is 12.1 Å². The lowest BCUT2D eigenvalue weighted by Gasteiger charge is -2.31. The summed E-state index contributed by atoms with van der Waals surface area (Å²) < 4.78 is 20.2. The molecule has 0 radical (unpaired) electrons. The van der Waals surface area contributed by atoms with Crippen LogP contribution in [0.4, 0.5) is 4.39 Å². The molecule has 5 rings (SSSR count). The minimum Gasteiger partial charge on any atom is -0.478 e. The van der Waals surface area contributed by atoms with Gasteiger partial charge in [0.2, 0.25) is 0 Å². The first-order chi connectivity index (χ1) is 16.5. The number of para-hydroxylation sites is 1. The molecule has 1 aromatic heterocycles. The van der Waals surface area contributed by atoms with Crippen LogP contribution in [0.2, 0.25) is 5.02 Å². The summed E-state index contributed by atoms with van der Waals surface area (Å²) in [5, 5.41) is 10.3. The highest BCUT2D eigenvalue weighted by Crippen LogP contribution is 2.47. The Bertz CT molecular complexity index is 1390. The number of aliphatic carboxylic acids is 1. The number of carboxylic acids is 1. The lowest BCUT2D eigenvalue weighted by molar-refractivity contribution is -0.131. The molecule has 0 amide bonds. The fourth-order valence-corrected chi connectivity index (χ4v) is 4.70. The quantitative estimate of drug-likeness (QED) is 0.228. The van der Waals surface area contributed by atoms with Gasteiger partial charge in [0.15, 0.2) is 0 Å². The fourth-order valence-electron chi connectivity index (χ4n) is 4.43. The van der Waals surface area contributed by atoms with Gasteiger partial charge in [-0.1, -0.05) is 66.6 Å². The average Bonchev–Trinajstić information content (AvgIpc) is 3.21. The Kier molecular flexibility index (Phi) is 6.08. The van der Waals surface area contributed by atoms with Crippen LogP contribution >= 0.6 is 11.6 Å². The molecule has 1 fully saturated rings. The van der Waals surface area contributed by atoms with Crippen molar-refractivity contribution in [1.82, 2.24) is 0 Å². The molecule has 1 N–H and O–H groups in total. The summed E-state index contributed by atoms with van der Waals surface area (Å²) in [5.41, 5.74) is 5.26. The van der Waals surface area contributed by atoms with Crippen molar-refractivity contribution >= 4 is 45.8 Å². The number of benzene rings is 3. The molecule has 0 aliphatic heterocycles. The van der Waals surface area contributed by atoms with E-state index < -0.39 is 5.97 Å². The van der Waals surface area contributed by atoms with Crippen molar-refractivity contribution in [3.05, 3.63) is 112 Å². The summed E-state index contributed by atoms with van der Waals surface area (Å²) in [6, 6.07) is 22.1. The Morgan fingerprint density at radius 2 is 1.79 bits per heavy atom. The van der Waals surface area contributed by atoms with Gasteiger partial charge in [-0.15, -0.1) is 0 Å². The van der Waals surface area contributed by atoms with Crippen LogP contribution in [-0.4, -0.2) is 11.1 Å². The highest BCUT2D eigenvalue weighted by Gasteiger charge is 2.29. The molecular weight excluding hydrogens is 451 g/mol. The molecule has 0 saturated heterocycles. The van der Waals surface area contributed by atoms with Gasteiger partial charge >= 0.3 is 5.97 Å². The number of fused-ring (bicyclic) bond motifs is 1. The maximum atomic E-state index is 13.9. The summed E-state index contributed by atoms with van der Waals surface area (Å²) in [4.78, 5) is 10.9. The fraction of sp³-hybridized carbons (Fsp3) is 0.138. The Hall–Kier alpha value is -3.63. The van der Waals surface area contributed by atoms with Crippen molar-refractivity contribution < 1.29 is 18.7 Å². The smallest absolute Gasteiger partial charge is 0.328 e. The van der Waals surface area contributed by atoms with Gasteiger partial charge in [0.1, 0.15) is 17.2 Å². The van der Waals surface area contributed by atoms with Crippen LogP contribution in [0.15, 0.2) is 83.3 Å². The van der Waals surface area contributed by atoms with Gasteiger partial charge in [0.25, 0.3) is 0 Å². The summed E-state index contributed by atoms with van der Waals surface area (Å²) in [5.74, 6) is -0.373. The maximum Gasteiger partial charge on any atom is 0.328 e. The van der Waals surface area contributed by atoms with E-state index in [4.69, 9.17) is 21.1 Å². The lowest BCUT2D eigenvalue weighted by atomic mass is 9.73. The number of carbonyl (C=O) groups is 1. The monoisotopic (exact) mass is 472 g/mol. The van der Waals surface area contributed by atoms with E-state index in [0.717, 1.165) is 69.9 Å². The number of rotatable bonds is 6. The normalized spacial score (nSPS) is 14.9. The highest BCUT2D eigenvalue weighted by atomic mass is 35.5. The van der Waals surface area contributed by atoms with E-state index >= 15 is 0 Å². The zero-order valence-corrected chi connectivity index (χ0v) is 19.1. The van der Waals surface area contributed by atoms with Gasteiger partial charge in [-0.2, -0.15) is 0 Å². The first-order valence-corrected chi connectivity index (χ1v) is 11.6.